The molecule has 6 heteroatoms. The Morgan fingerprint density at radius 1 is 1.29 bits per heavy atom. The van der Waals surface area contributed by atoms with E-state index in [9.17, 15) is 4.79 Å². The molecule has 1 amide bonds. The fourth-order valence-electron chi connectivity index (χ4n) is 2.28. The molecule has 1 aliphatic rings. The van der Waals surface area contributed by atoms with E-state index in [0.29, 0.717) is 6.54 Å². The Morgan fingerprint density at radius 2 is 2.10 bits per heavy atom. The van der Waals surface area contributed by atoms with Crippen molar-refractivity contribution in [2.75, 3.05) is 26.2 Å². The van der Waals surface area contributed by atoms with Gasteiger partial charge in [0.25, 0.3) is 0 Å². The summed E-state index contributed by atoms with van der Waals surface area (Å²) in [7, 11) is 0. The summed E-state index contributed by atoms with van der Waals surface area (Å²) < 4.78 is 5.43. The quantitative estimate of drug-likeness (QED) is 0.833. The second-order valence-electron chi connectivity index (χ2n) is 6.31. The Balaban J connectivity index is 1.86. The zero-order chi connectivity index (χ0) is 15.3. The maximum absolute atomic E-state index is 12.1. The number of amides is 1. The maximum atomic E-state index is 12.1. The molecule has 0 saturated carbocycles. The molecule has 21 heavy (non-hydrogen) atoms. The van der Waals surface area contributed by atoms with Crippen LogP contribution < -0.4 is 0 Å². The Hall–Kier alpha value is -1.69. The average Bonchev–Trinajstić information content (AvgIpc) is 2.64. The minimum Gasteiger partial charge on any atom is -0.444 e. The van der Waals surface area contributed by atoms with Crippen LogP contribution in [0, 0.1) is 0 Å². The highest BCUT2D eigenvalue weighted by Gasteiger charge is 2.24. The predicted octanol–water partition coefficient (Wildman–Crippen LogP) is 1.92. The summed E-state index contributed by atoms with van der Waals surface area (Å²) in [5, 5.41) is 8.01. The molecular formula is C15H24N4O2. The molecule has 0 unspecified atom stereocenters. The van der Waals surface area contributed by atoms with Crippen molar-refractivity contribution in [1.82, 2.24) is 20.0 Å². The van der Waals surface area contributed by atoms with Crippen LogP contribution in [-0.4, -0.2) is 57.9 Å². The first-order valence-electron chi connectivity index (χ1n) is 7.41. The van der Waals surface area contributed by atoms with Gasteiger partial charge in [0.2, 0.25) is 0 Å². The molecular weight excluding hydrogens is 268 g/mol. The van der Waals surface area contributed by atoms with Crippen molar-refractivity contribution < 1.29 is 9.53 Å². The number of nitrogens with zero attached hydrogens (tertiary/aromatic N) is 4. The van der Waals surface area contributed by atoms with E-state index in [1.807, 2.05) is 32.9 Å². The lowest BCUT2D eigenvalue weighted by atomic mass is 10.2. The number of rotatable bonds is 2. The summed E-state index contributed by atoms with van der Waals surface area (Å²) in [5.41, 5.74) is 0.520. The molecule has 0 aliphatic carbocycles. The second-order valence-corrected chi connectivity index (χ2v) is 6.31. The Morgan fingerprint density at radius 3 is 2.76 bits per heavy atom. The van der Waals surface area contributed by atoms with Crippen LogP contribution in [-0.2, 0) is 11.3 Å². The van der Waals surface area contributed by atoms with Gasteiger partial charge in [-0.05, 0) is 39.3 Å². The Labute approximate surface area is 126 Å². The van der Waals surface area contributed by atoms with Gasteiger partial charge in [-0.25, -0.2) is 4.79 Å². The van der Waals surface area contributed by atoms with Crippen LogP contribution in [0.3, 0.4) is 0 Å². The summed E-state index contributed by atoms with van der Waals surface area (Å²) in [6.45, 7) is 9.66. The first kappa shape index (κ1) is 15.7. The highest BCUT2D eigenvalue weighted by atomic mass is 16.6. The third kappa shape index (κ3) is 5.30. The average molecular weight is 292 g/mol. The number of hydrogen-bond donors (Lipinski definition) is 0. The standard InChI is InChI=1S/C15H24N4O2/c1-15(2,3)21-14(20)19-9-5-8-18(10-11-19)12-13-6-4-7-16-17-13/h4,6-7H,5,8-12H2,1-3H3. The molecule has 6 nitrogen and oxygen atoms in total. The fourth-order valence-corrected chi connectivity index (χ4v) is 2.28. The first-order chi connectivity index (χ1) is 9.94. The van der Waals surface area contributed by atoms with E-state index in [1.165, 1.54) is 0 Å². The molecule has 0 N–H and O–H groups in total. The molecule has 0 aromatic carbocycles. The molecule has 0 bridgehead atoms. The van der Waals surface area contributed by atoms with E-state index in [2.05, 4.69) is 15.1 Å². The summed E-state index contributed by atoms with van der Waals surface area (Å²) in [4.78, 5) is 16.2. The monoisotopic (exact) mass is 292 g/mol. The lowest BCUT2D eigenvalue weighted by molar-refractivity contribution is 0.0257. The van der Waals surface area contributed by atoms with Crippen LogP contribution in [0.5, 0.6) is 0 Å². The molecule has 1 aliphatic heterocycles. The van der Waals surface area contributed by atoms with E-state index in [4.69, 9.17) is 4.74 Å². The summed E-state index contributed by atoms with van der Waals surface area (Å²) in [6.07, 6.45) is 2.40. The van der Waals surface area contributed by atoms with E-state index < -0.39 is 5.60 Å². The number of ether oxygens (including phenoxy) is 1. The predicted molar refractivity (Wildman–Crippen MR) is 79.7 cm³/mol. The van der Waals surface area contributed by atoms with Gasteiger partial charge < -0.3 is 9.64 Å². The van der Waals surface area contributed by atoms with Crippen molar-refractivity contribution in [3.8, 4) is 0 Å². The number of carbonyl (C=O) groups excluding carboxylic acids is 1. The van der Waals surface area contributed by atoms with Gasteiger partial charge in [-0.1, -0.05) is 0 Å². The third-order valence-corrected chi connectivity index (χ3v) is 3.25. The Kier molecular flexibility index (Phi) is 5.12. The van der Waals surface area contributed by atoms with Crippen LogP contribution >= 0.6 is 0 Å². The number of carbonyl (C=O) groups is 1. The van der Waals surface area contributed by atoms with E-state index in [0.717, 1.165) is 38.3 Å². The molecule has 1 aromatic heterocycles. The molecule has 0 atom stereocenters. The van der Waals surface area contributed by atoms with Crippen LogP contribution in [0.2, 0.25) is 0 Å². The normalized spacial score (nSPS) is 17.4. The smallest absolute Gasteiger partial charge is 0.410 e. The molecule has 1 saturated heterocycles. The van der Waals surface area contributed by atoms with Crippen molar-refractivity contribution in [1.29, 1.82) is 0 Å². The number of aromatic nitrogens is 2. The first-order valence-corrected chi connectivity index (χ1v) is 7.41. The van der Waals surface area contributed by atoms with Crippen molar-refractivity contribution in [2.24, 2.45) is 0 Å². The second kappa shape index (κ2) is 6.85. The zero-order valence-electron chi connectivity index (χ0n) is 13.1. The van der Waals surface area contributed by atoms with Crippen LogP contribution in [0.25, 0.3) is 0 Å². The highest BCUT2D eigenvalue weighted by Crippen LogP contribution is 2.13. The summed E-state index contributed by atoms with van der Waals surface area (Å²) in [6, 6.07) is 3.87. The fraction of sp³-hybridized carbons (Fsp3) is 0.667. The summed E-state index contributed by atoms with van der Waals surface area (Å²) >= 11 is 0. The van der Waals surface area contributed by atoms with Crippen LogP contribution in [0.1, 0.15) is 32.9 Å². The minimum atomic E-state index is -0.442. The lowest BCUT2D eigenvalue weighted by Gasteiger charge is -2.26. The molecule has 0 radical (unpaired) electrons. The van der Waals surface area contributed by atoms with Gasteiger partial charge in [0.1, 0.15) is 5.60 Å². The summed E-state index contributed by atoms with van der Waals surface area (Å²) in [5.74, 6) is 0. The lowest BCUT2D eigenvalue weighted by Crippen LogP contribution is -2.39. The minimum absolute atomic E-state index is 0.219. The van der Waals surface area contributed by atoms with Gasteiger partial charge in [0.15, 0.2) is 0 Å². The van der Waals surface area contributed by atoms with Gasteiger partial charge in [-0.3, -0.25) is 4.90 Å². The van der Waals surface area contributed by atoms with Crippen LogP contribution in [0.4, 0.5) is 4.79 Å². The molecule has 0 spiro atoms. The van der Waals surface area contributed by atoms with E-state index >= 15 is 0 Å². The van der Waals surface area contributed by atoms with Crippen molar-refractivity contribution in [3.63, 3.8) is 0 Å². The maximum Gasteiger partial charge on any atom is 0.410 e. The molecule has 1 fully saturated rings. The molecule has 2 heterocycles. The van der Waals surface area contributed by atoms with Crippen molar-refractivity contribution in [3.05, 3.63) is 24.0 Å². The van der Waals surface area contributed by atoms with Gasteiger partial charge in [0.05, 0.1) is 5.69 Å². The molecule has 116 valence electrons. The van der Waals surface area contributed by atoms with Gasteiger partial charge >= 0.3 is 6.09 Å². The van der Waals surface area contributed by atoms with Crippen molar-refractivity contribution >= 4 is 6.09 Å². The van der Waals surface area contributed by atoms with E-state index in [1.54, 1.807) is 11.1 Å². The zero-order valence-corrected chi connectivity index (χ0v) is 13.1. The topological polar surface area (TPSA) is 58.6 Å². The molecule has 1 aromatic rings. The SMILES string of the molecule is CC(C)(C)OC(=O)N1CCCN(Cc2cccnn2)CC1. The molecule has 2 rings (SSSR count). The van der Waals surface area contributed by atoms with Gasteiger partial charge in [-0.2, -0.15) is 10.2 Å². The van der Waals surface area contributed by atoms with Crippen LogP contribution in [0.15, 0.2) is 18.3 Å². The highest BCUT2D eigenvalue weighted by molar-refractivity contribution is 5.68. The van der Waals surface area contributed by atoms with Gasteiger partial charge in [0, 0.05) is 38.9 Å². The third-order valence-electron chi connectivity index (χ3n) is 3.25. The van der Waals surface area contributed by atoms with Gasteiger partial charge in [-0.15, -0.1) is 0 Å². The van der Waals surface area contributed by atoms with Crippen molar-refractivity contribution in [2.45, 2.75) is 39.3 Å². The number of hydrogen-bond acceptors (Lipinski definition) is 5. The van der Waals surface area contributed by atoms with E-state index in [-0.39, 0.29) is 6.09 Å². The Bertz CT molecular complexity index is 458. The largest absolute Gasteiger partial charge is 0.444 e.